The van der Waals surface area contributed by atoms with E-state index in [4.69, 9.17) is 23.2 Å². The van der Waals surface area contributed by atoms with Crippen molar-refractivity contribution in [1.29, 1.82) is 0 Å². The number of hydrogen-bond donors (Lipinski definition) is 1. The predicted molar refractivity (Wildman–Crippen MR) is 106 cm³/mol. The summed E-state index contributed by atoms with van der Waals surface area (Å²) in [5.41, 5.74) is 2.02. The molecule has 0 atom stereocenters. The van der Waals surface area contributed by atoms with Gasteiger partial charge in [0, 0.05) is 29.0 Å². The third kappa shape index (κ3) is 3.31. The number of benzene rings is 2. The van der Waals surface area contributed by atoms with Gasteiger partial charge in [0.15, 0.2) is 4.96 Å². The Morgan fingerprint density at radius 2 is 1.92 bits per heavy atom. The highest BCUT2D eigenvalue weighted by atomic mass is 35.5. The zero-order valence-electron chi connectivity index (χ0n) is 13.1. The van der Waals surface area contributed by atoms with E-state index < -0.39 is 10.0 Å². The molecule has 0 bridgehead atoms. The SMILES string of the molecule is O=S(=O)(Nc1cccc(-c2cn3ccsc3n2)c1)c1ccc(Cl)c(Cl)c1. The van der Waals surface area contributed by atoms with Crippen molar-refractivity contribution in [3.63, 3.8) is 0 Å². The Morgan fingerprint density at radius 1 is 1.08 bits per heavy atom. The van der Waals surface area contributed by atoms with Gasteiger partial charge >= 0.3 is 0 Å². The van der Waals surface area contributed by atoms with Crippen LogP contribution in [-0.2, 0) is 10.0 Å². The molecular formula is C17H11Cl2N3O2S2. The van der Waals surface area contributed by atoms with Gasteiger partial charge in [0.1, 0.15) is 0 Å². The molecule has 2 heterocycles. The molecule has 0 spiro atoms. The molecule has 26 heavy (non-hydrogen) atoms. The van der Waals surface area contributed by atoms with Gasteiger partial charge < -0.3 is 0 Å². The number of anilines is 1. The molecule has 9 heteroatoms. The number of hydrogen-bond acceptors (Lipinski definition) is 4. The molecule has 0 fully saturated rings. The van der Waals surface area contributed by atoms with Gasteiger partial charge in [0.05, 0.1) is 20.6 Å². The van der Waals surface area contributed by atoms with Crippen molar-refractivity contribution in [1.82, 2.24) is 9.38 Å². The first-order valence-electron chi connectivity index (χ1n) is 7.43. The quantitative estimate of drug-likeness (QED) is 0.492. The van der Waals surface area contributed by atoms with E-state index in [1.165, 1.54) is 29.5 Å². The summed E-state index contributed by atoms with van der Waals surface area (Å²) >= 11 is 13.3. The van der Waals surface area contributed by atoms with Crippen LogP contribution in [0.1, 0.15) is 0 Å². The Morgan fingerprint density at radius 3 is 2.69 bits per heavy atom. The van der Waals surface area contributed by atoms with Crippen LogP contribution in [0.25, 0.3) is 16.2 Å². The lowest BCUT2D eigenvalue weighted by Gasteiger charge is -2.09. The molecule has 4 rings (SSSR count). The molecule has 0 saturated carbocycles. The summed E-state index contributed by atoms with van der Waals surface area (Å²) in [6, 6.07) is 11.2. The number of fused-ring (bicyclic) bond motifs is 1. The van der Waals surface area contributed by atoms with Crippen LogP contribution in [0.3, 0.4) is 0 Å². The molecule has 0 radical (unpaired) electrons. The van der Waals surface area contributed by atoms with Crippen molar-refractivity contribution in [2.75, 3.05) is 4.72 Å². The van der Waals surface area contributed by atoms with Crippen molar-refractivity contribution in [2.45, 2.75) is 4.90 Å². The second-order valence-electron chi connectivity index (χ2n) is 5.48. The van der Waals surface area contributed by atoms with Gasteiger partial charge in [-0.25, -0.2) is 13.4 Å². The highest BCUT2D eigenvalue weighted by molar-refractivity contribution is 7.92. The molecule has 0 aliphatic heterocycles. The lowest BCUT2D eigenvalue weighted by atomic mass is 10.1. The van der Waals surface area contributed by atoms with Crippen molar-refractivity contribution in [3.05, 3.63) is 70.3 Å². The van der Waals surface area contributed by atoms with E-state index in [1.54, 1.807) is 18.2 Å². The Balaban J connectivity index is 1.66. The minimum absolute atomic E-state index is 0.0415. The average molecular weight is 424 g/mol. The van der Waals surface area contributed by atoms with E-state index in [9.17, 15) is 8.42 Å². The molecule has 0 aliphatic carbocycles. The van der Waals surface area contributed by atoms with E-state index in [0.29, 0.717) is 10.7 Å². The molecular weight excluding hydrogens is 413 g/mol. The first-order valence-corrected chi connectivity index (χ1v) is 10.5. The largest absolute Gasteiger partial charge is 0.297 e. The van der Waals surface area contributed by atoms with Crippen LogP contribution in [0.5, 0.6) is 0 Å². The van der Waals surface area contributed by atoms with Gasteiger partial charge in [-0.2, -0.15) is 0 Å². The van der Waals surface area contributed by atoms with Crippen LogP contribution in [0.2, 0.25) is 10.0 Å². The monoisotopic (exact) mass is 423 g/mol. The summed E-state index contributed by atoms with van der Waals surface area (Å²) < 4.78 is 29.6. The molecule has 2 aromatic heterocycles. The van der Waals surface area contributed by atoms with Crippen LogP contribution in [0.4, 0.5) is 5.69 Å². The maximum absolute atomic E-state index is 12.6. The van der Waals surface area contributed by atoms with Gasteiger partial charge in [-0.15, -0.1) is 11.3 Å². The van der Waals surface area contributed by atoms with Gasteiger partial charge in [0.2, 0.25) is 0 Å². The third-order valence-electron chi connectivity index (χ3n) is 3.71. The first kappa shape index (κ1) is 17.4. The molecule has 0 aliphatic rings. The fourth-order valence-electron chi connectivity index (χ4n) is 2.47. The maximum Gasteiger partial charge on any atom is 0.261 e. The summed E-state index contributed by atoms with van der Waals surface area (Å²) in [7, 11) is -3.78. The van der Waals surface area contributed by atoms with Gasteiger partial charge in [-0.3, -0.25) is 9.12 Å². The predicted octanol–water partition coefficient (Wildman–Crippen LogP) is 5.17. The van der Waals surface area contributed by atoms with Crippen LogP contribution < -0.4 is 4.72 Å². The smallest absolute Gasteiger partial charge is 0.261 e. The highest BCUT2D eigenvalue weighted by Gasteiger charge is 2.16. The third-order valence-corrected chi connectivity index (χ3v) is 6.59. The number of nitrogens with zero attached hydrogens (tertiary/aromatic N) is 2. The fourth-order valence-corrected chi connectivity index (χ4v) is 4.60. The Kier molecular flexibility index (Phi) is 4.40. The lowest BCUT2D eigenvalue weighted by Crippen LogP contribution is -2.12. The Labute approximate surface area is 163 Å². The number of rotatable bonds is 4. The van der Waals surface area contributed by atoms with Crippen LogP contribution in [0.15, 0.2) is 65.1 Å². The Bertz CT molecular complexity index is 1190. The summed E-state index contributed by atoms with van der Waals surface area (Å²) in [5, 5.41) is 2.43. The molecule has 0 amide bonds. The van der Waals surface area contributed by atoms with Crippen molar-refractivity contribution in [3.8, 4) is 11.3 Å². The molecule has 0 unspecified atom stereocenters. The number of halogens is 2. The van der Waals surface area contributed by atoms with Crippen LogP contribution in [-0.4, -0.2) is 17.8 Å². The maximum atomic E-state index is 12.6. The number of aromatic nitrogens is 2. The lowest BCUT2D eigenvalue weighted by molar-refractivity contribution is 0.601. The normalized spacial score (nSPS) is 11.8. The zero-order valence-corrected chi connectivity index (χ0v) is 16.2. The average Bonchev–Trinajstić information content (AvgIpc) is 3.19. The number of thiazole rings is 1. The van der Waals surface area contributed by atoms with Gasteiger partial charge in [-0.05, 0) is 30.3 Å². The molecule has 5 nitrogen and oxygen atoms in total. The van der Waals surface area contributed by atoms with E-state index in [0.717, 1.165) is 16.2 Å². The van der Waals surface area contributed by atoms with Crippen molar-refractivity contribution >= 4 is 55.2 Å². The fraction of sp³-hybridized carbons (Fsp3) is 0. The van der Waals surface area contributed by atoms with E-state index in [-0.39, 0.29) is 9.92 Å². The number of nitrogens with one attached hydrogen (secondary N) is 1. The van der Waals surface area contributed by atoms with Crippen LogP contribution >= 0.6 is 34.5 Å². The van der Waals surface area contributed by atoms with E-state index in [1.807, 2.05) is 28.2 Å². The summed E-state index contributed by atoms with van der Waals surface area (Å²) in [6.45, 7) is 0. The topological polar surface area (TPSA) is 63.5 Å². The van der Waals surface area contributed by atoms with Crippen molar-refractivity contribution in [2.24, 2.45) is 0 Å². The minimum atomic E-state index is -3.78. The summed E-state index contributed by atoms with van der Waals surface area (Å²) in [4.78, 5) is 5.45. The molecule has 2 aromatic carbocycles. The molecule has 132 valence electrons. The first-order chi connectivity index (χ1) is 12.4. The summed E-state index contributed by atoms with van der Waals surface area (Å²) in [5.74, 6) is 0. The zero-order chi connectivity index (χ0) is 18.3. The van der Waals surface area contributed by atoms with Gasteiger partial charge in [-0.1, -0.05) is 35.3 Å². The number of imidazole rings is 1. The number of sulfonamides is 1. The molecule has 1 N–H and O–H groups in total. The highest BCUT2D eigenvalue weighted by Crippen LogP contribution is 2.28. The second-order valence-corrected chi connectivity index (χ2v) is 8.85. The van der Waals surface area contributed by atoms with Gasteiger partial charge in [0.25, 0.3) is 10.0 Å². The van der Waals surface area contributed by atoms with E-state index >= 15 is 0 Å². The minimum Gasteiger partial charge on any atom is -0.297 e. The molecule has 0 saturated heterocycles. The van der Waals surface area contributed by atoms with Crippen LogP contribution in [0, 0.1) is 0 Å². The second kappa shape index (κ2) is 6.59. The molecule has 4 aromatic rings. The summed E-state index contributed by atoms with van der Waals surface area (Å²) in [6.07, 6.45) is 3.83. The van der Waals surface area contributed by atoms with Crippen molar-refractivity contribution < 1.29 is 8.42 Å². The van der Waals surface area contributed by atoms with E-state index in [2.05, 4.69) is 9.71 Å². The standard InChI is InChI=1S/C17H11Cl2N3O2S2/c18-14-5-4-13(9-15(14)19)26(23,24)21-12-3-1-2-11(8-12)16-10-22-6-7-25-17(22)20-16/h1-10,21H. The Hall–Kier alpha value is -2.06.